The summed E-state index contributed by atoms with van der Waals surface area (Å²) < 4.78 is 0. The molecule has 21 heavy (non-hydrogen) atoms. The van der Waals surface area contributed by atoms with E-state index in [1.165, 1.54) is 24.9 Å². The van der Waals surface area contributed by atoms with Gasteiger partial charge in [0.1, 0.15) is 0 Å². The maximum absolute atomic E-state index is 11.9. The minimum Gasteiger partial charge on any atom is -0.372 e. The Morgan fingerprint density at radius 1 is 1.24 bits per heavy atom. The van der Waals surface area contributed by atoms with Crippen LogP contribution in [0.4, 0.5) is 11.4 Å². The summed E-state index contributed by atoms with van der Waals surface area (Å²) in [5.41, 5.74) is 7.69. The molecule has 1 amide bonds. The van der Waals surface area contributed by atoms with E-state index in [0.717, 1.165) is 25.2 Å². The van der Waals surface area contributed by atoms with Crippen molar-refractivity contribution in [3.8, 4) is 0 Å². The second-order valence-electron chi connectivity index (χ2n) is 6.02. The number of carbonyl (C=O) groups excluding carboxylic acids is 1. The van der Waals surface area contributed by atoms with Crippen molar-refractivity contribution in [2.24, 2.45) is 11.7 Å². The van der Waals surface area contributed by atoms with Crippen LogP contribution in [-0.4, -0.2) is 25.5 Å². The van der Waals surface area contributed by atoms with Gasteiger partial charge >= 0.3 is 0 Å². The van der Waals surface area contributed by atoms with Gasteiger partial charge in [0.15, 0.2) is 0 Å². The Bertz CT molecular complexity index is 438. The van der Waals surface area contributed by atoms with Crippen molar-refractivity contribution in [2.75, 3.05) is 29.9 Å². The average molecular weight is 289 g/mol. The van der Waals surface area contributed by atoms with Gasteiger partial charge in [-0.3, -0.25) is 4.79 Å². The van der Waals surface area contributed by atoms with Crippen molar-refractivity contribution in [2.45, 2.75) is 39.0 Å². The fourth-order valence-electron chi connectivity index (χ4n) is 2.63. The van der Waals surface area contributed by atoms with Crippen LogP contribution in [0.15, 0.2) is 24.3 Å². The predicted molar refractivity (Wildman–Crippen MR) is 88.6 cm³/mol. The maximum atomic E-state index is 11.9. The van der Waals surface area contributed by atoms with Gasteiger partial charge in [0.2, 0.25) is 5.91 Å². The first kappa shape index (κ1) is 15.8. The van der Waals surface area contributed by atoms with Gasteiger partial charge in [0.05, 0.1) is 0 Å². The molecule has 1 aliphatic heterocycles. The number of nitrogens with one attached hydrogen (secondary N) is 1. The monoisotopic (exact) mass is 289 g/mol. The smallest absolute Gasteiger partial charge is 0.224 e. The lowest BCUT2D eigenvalue weighted by atomic mass is 10.1. The van der Waals surface area contributed by atoms with E-state index < -0.39 is 0 Å². The summed E-state index contributed by atoms with van der Waals surface area (Å²) in [6, 6.07) is 8.19. The second kappa shape index (κ2) is 8.03. The van der Waals surface area contributed by atoms with Crippen LogP contribution in [0.25, 0.3) is 0 Å². The lowest BCUT2D eigenvalue weighted by molar-refractivity contribution is -0.116. The van der Waals surface area contributed by atoms with Crippen LogP contribution in [-0.2, 0) is 4.79 Å². The molecule has 0 radical (unpaired) electrons. The van der Waals surface area contributed by atoms with Gasteiger partial charge in [0.25, 0.3) is 0 Å². The van der Waals surface area contributed by atoms with Crippen molar-refractivity contribution >= 4 is 17.3 Å². The number of piperidine rings is 1. The van der Waals surface area contributed by atoms with E-state index in [1.54, 1.807) is 0 Å². The van der Waals surface area contributed by atoms with Gasteiger partial charge in [-0.15, -0.1) is 0 Å². The van der Waals surface area contributed by atoms with E-state index in [0.29, 0.717) is 18.9 Å². The summed E-state index contributed by atoms with van der Waals surface area (Å²) in [6.45, 7) is 4.99. The first-order valence-corrected chi connectivity index (χ1v) is 8.04. The van der Waals surface area contributed by atoms with E-state index in [9.17, 15) is 4.79 Å². The zero-order valence-electron chi connectivity index (χ0n) is 13.0. The molecule has 1 fully saturated rings. The van der Waals surface area contributed by atoms with Gasteiger partial charge in [-0.1, -0.05) is 6.92 Å². The van der Waals surface area contributed by atoms with Crippen LogP contribution in [0.5, 0.6) is 0 Å². The summed E-state index contributed by atoms with van der Waals surface area (Å²) in [5, 5.41) is 2.95. The van der Waals surface area contributed by atoms with E-state index in [-0.39, 0.29) is 5.91 Å². The summed E-state index contributed by atoms with van der Waals surface area (Å²) in [5.74, 6) is 0.471. The topological polar surface area (TPSA) is 58.4 Å². The van der Waals surface area contributed by atoms with Crippen LogP contribution in [0, 0.1) is 5.92 Å². The SMILES string of the molecule is CC(CN)CCC(=O)Nc1ccc(N2CCCCC2)cc1. The number of nitrogens with zero attached hydrogens (tertiary/aromatic N) is 1. The van der Waals surface area contributed by atoms with Crippen LogP contribution in [0.3, 0.4) is 0 Å². The molecule has 4 nitrogen and oxygen atoms in total. The van der Waals surface area contributed by atoms with Gasteiger partial charge in [-0.2, -0.15) is 0 Å². The average Bonchev–Trinajstić information content (AvgIpc) is 2.54. The number of nitrogens with two attached hydrogens (primary N) is 1. The lowest BCUT2D eigenvalue weighted by Crippen LogP contribution is -2.29. The number of amides is 1. The van der Waals surface area contributed by atoms with Crippen molar-refractivity contribution in [1.82, 2.24) is 0 Å². The largest absolute Gasteiger partial charge is 0.372 e. The number of benzene rings is 1. The third kappa shape index (κ3) is 5.05. The molecule has 116 valence electrons. The van der Waals surface area contributed by atoms with Crippen molar-refractivity contribution in [3.05, 3.63) is 24.3 Å². The molecule has 0 saturated carbocycles. The fourth-order valence-corrected chi connectivity index (χ4v) is 2.63. The van der Waals surface area contributed by atoms with Crippen LogP contribution in [0.1, 0.15) is 39.0 Å². The van der Waals surface area contributed by atoms with E-state index in [4.69, 9.17) is 5.73 Å². The Labute approximate surface area is 127 Å². The Morgan fingerprint density at radius 3 is 2.52 bits per heavy atom. The highest BCUT2D eigenvalue weighted by atomic mass is 16.1. The van der Waals surface area contributed by atoms with Gasteiger partial charge in [-0.05, 0) is 62.4 Å². The molecule has 1 unspecified atom stereocenters. The Balaban J connectivity index is 1.82. The van der Waals surface area contributed by atoms with E-state index in [1.807, 2.05) is 12.1 Å². The fraction of sp³-hybridized carbons (Fsp3) is 0.588. The standard InChI is InChI=1S/C17H27N3O/c1-14(13-18)5-10-17(21)19-15-6-8-16(9-7-15)20-11-3-2-4-12-20/h6-9,14H,2-5,10-13,18H2,1H3,(H,19,21). The molecule has 0 aromatic heterocycles. The number of rotatable bonds is 6. The molecule has 2 rings (SSSR count). The molecular formula is C17H27N3O. The number of anilines is 2. The molecule has 1 aromatic rings. The maximum Gasteiger partial charge on any atom is 0.224 e. The van der Waals surface area contributed by atoms with Crippen molar-refractivity contribution in [3.63, 3.8) is 0 Å². The molecule has 1 aliphatic rings. The molecule has 3 N–H and O–H groups in total. The lowest BCUT2D eigenvalue weighted by Gasteiger charge is -2.28. The predicted octanol–water partition coefficient (Wildman–Crippen LogP) is 2.99. The molecule has 0 spiro atoms. The first-order valence-electron chi connectivity index (χ1n) is 8.04. The Hall–Kier alpha value is -1.55. The van der Waals surface area contributed by atoms with E-state index in [2.05, 4.69) is 29.3 Å². The summed E-state index contributed by atoms with van der Waals surface area (Å²) in [4.78, 5) is 14.3. The molecule has 0 bridgehead atoms. The molecule has 1 heterocycles. The van der Waals surface area contributed by atoms with Crippen LogP contribution in [0.2, 0.25) is 0 Å². The van der Waals surface area contributed by atoms with Gasteiger partial charge in [0, 0.05) is 30.9 Å². The zero-order valence-corrected chi connectivity index (χ0v) is 13.0. The highest BCUT2D eigenvalue weighted by Crippen LogP contribution is 2.22. The minimum atomic E-state index is 0.0704. The summed E-state index contributed by atoms with van der Waals surface area (Å²) >= 11 is 0. The number of hydrogen-bond donors (Lipinski definition) is 2. The number of hydrogen-bond acceptors (Lipinski definition) is 3. The minimum absolute atomic E-state index is 0.0704. The molecule has 1 saturated heterocycles. The second-order valence-corrected chi connectivity index (χ2v) is 6.02. The Morgan fingerprint density at radius 2 is 1.90 bits per heavy atom. The molecule has 1 atom stereocenters. The molecule has 4 heteroatoms. The normalized spacial score (nSPS) is 16.6. The van der Waals surface area contributed by atoms with Crippen molar-refractivity contribution in [1.29, 1.82) is 0 Å². The van der Waals surface area contributed by atoms with E-state index >= 15 is 0 Å². The zero-order chi connectivity index (χ0) is 15.1. The Kier molecular flexibility index (Phi) is 6.05. The highest BCUT2D eigenvalue weighted by molar-refractivity contribution is 5.90. The van der Waals surface area contributed by atoms with Gasteiger partial charge < -0.3 is 16.0 Å². The summed E-state index contributed by atoms with van der Waals surface area (Å²) in [6.07, 6.45) is 5.27. The van der Waals surface area contributed by atoms with Crippen LogP contribution >= 0.6 is 0 Å². The highest BCUT2D eigenvalue weighted by Gasteiger charge is 2.11. The first-order chi connectivity index (χ1) is 10.2. The molecule has 0 aliphatic carbocycles. The third-order valence-corrected chi connectivity index (χ3v) is 4.14. The molecular weight excluding hydrogens is 262 g/mol. The van der Waals surface area contributed by atoms with Crippen molar-refractivity contribution < 1.29 is 4.79 Å². The number of carbonyl (C=O) groups is 1. The van der Waals surface area contributed by atoms with Crippen LogP contribution < -0.4 is 16.0 Å². The summed E-state index contributed by atoms with van der Waals surface area (Å²) in [7, 11) is 0. The quantitative estimate of drug-likeness (QED) is 0.846. The van der Waals surface area contributed by atoms with Gasteiger partial charge in [-0.25, -0.2) is 0 Å². The molecule has 1 aromatic carbocycles. The third-order valence-electron chi connectivity index (χ3n) is 4.14.